The lowest BCUT2D eigenvalue weighted by Crippen LogP contribution is -2.56. The van der Waals surface area contributed by atoms with E-state index in [0.717, 1.165) is 0 Å². The molecule has 0 spiro atoms. The van der Waals surface area contributed by atoms with E-state index in [0.29, 0.717) is 13.0 Å². The summed E-state index contributed by atoms with van der Waals surface area (Å²) in [6, 6.07) is -2.22. The molecule has 0 bridgehead atoms. The minimum Gasteiger partial charge on any atom is -0.480 e. The van der Waals surface area contributed by atoms with Crippen molar-refractivity contribution in [2.45, 2.75) is 38.0 Å². The maximum atomic E-state index is 11.9. The Morgan fingerprint density at radius 3 is 2.30 bits per heavy atom. The van der Waals surface area contributed by atoms with Gasteiger partial charge < -0.3 is 38.0 Å². The number of amides is 2. The monoisotopic (exact) mass is 332 g/mol. The number of aliphatic hydroxyl groups is 1. The molecule has 0 fully saturated rings. The van der Waals surface area contributed by atoms with E-state index >= 15 is 0 Å². The van der Waals surface area contributed by atoms with E-state index in [1.54, 1.807) is 0 Å². The summed E-state index contributed by atoms with van der Waals surface area (Å²) in [5.41, 5.74) is 16.0. The van der Waals surface area contributed by atoms with Gasteiger partial charge in [0.25, 0.3) is 0 Å². The number of nitrogens with one attached hydrogen (secondary N) is 2. The van der Waals surface area contributed by atoms with Crippen molar-refractivity contribution in [1.29, 1.82) is 0 Å². The molecule has 0 saturated carbocycles. The molecule has 11 nitrogen and oxygen atoms in total. The number of carbonyl (C=O) groups is 3. The number of aliphatic hydroxyl groups excluding tert-OH is 1. The van der Waals surface area contributed by atoms with Gasteiger partial charge in [-0.15, -0.1) is 0 Å². The summed E-state index contributed by atoms with van der Waals surface area (Å²) < 4.78 is 0. The van der Waals surface area contributed by atoms with Crippen LogP contribution in [0.2, 0.25) is 0 Å². The Morgan fingerprint density at radius 1 is 1.22 bits per heavy atom. The fourth-order valence-electron chi connectivity index (χ4n) is 1.59. The minimum atomic E-state index is -1.30. The first kappa shape index (κ1) is 20.6. The predicted octanol–water partition coefficient (Wildman–Crippen LogP) is -3.57. The zero-order valence-electron chi connectivity index (χ0n) is 12.9. The lowest BCUT2D eigenvalue weighted by atomic mass is 10.1. The van der Waals surface area contributed by atoms with E-state index in [1.807, 2.05) is 0 Å². The van der Waals surface area contributed by atoms with Crippen LogP contribution in [0.4, 0.5) is 0 Å². The normalized spacial score (nSPS) is 14.2. The van der Waals surface area contributed by atoms with Gasteiger partial charge in [-0.1, -0.05) is 0 Å². The molecule has 0 aliphatic heterocycles. The molecule has 0 rings (SSSR count). The van der Waals surface area contributed by atoms with E-state index in [1.165, 1.54) is 6.92 Å². The average Bonchev–Trinajstić information content (AvgIpc) is 2.45. The van der Waals surface area contributed by atoms with Crippen LogP contribution in [-0.4, -0.2) is 65.2 Å². The number of carboxylic acids is 1. The number of aliphatic imine (C=N–C) groups is 1. The van der Waals surface area contributed by atoms with E-state index in [4.69, 9.17) is 22.3 Å². The van der Waals surface area contributed by atoms with Crippen molar-refractivity contribution in [2.75, 3.05) is 13.1 Å². The first-order valence-corrected chi connectivity index (χ1v) is 6.94. The molecule has 0 aliphatic carbocycles. The van der Waals surface area contributed by atoms with Crippen LogP contribution in [0.1, 0.15) is 19.8 Å². The van der Waals surface area contributed by atoms with Gasteiger partial charge in [-0.05, 0) is 19.8 Å². The molecule has 0 aromatic heterocycles. The van der Waals surface area contributed by atoms with Gasteiger partial charge in [-0.3, -0.25) is 19.4 Å². The van der Waals surface area contributed by atoms with Gasteiger partial charge in [0.2, 0.25) is 11.8 Å². The second-order valence-electron chi connectivity index (χ2n) is 4.89. The van der Waals surface area contributed by atoms with Crippen LogP contribution >= 0.6 is 0 Å². The molecule has 0 heterocycles. The number of aliphatic carboxylic acids is 1. The lowest BCUT2D eigenvalue weighted by molar-refractivity contribution is -0.139. The fourth-order valence-corrected chi connectivity index (χ4v) is 1.59. The molecule has 132 valence electrons. The third-order valence-corrected chi connectivity index (χ3v) is 2.78. The second kappa shape index (κ2) is 10.3. The van der Waals surface area contributed by atoms with E-state index in [2.05, 4.69) is 15.6 Å². The van der Waals surface area contributed by atoms with Crippen LogP contribution in [0.15, 0.2) is 4.99 Å². The van der Waals surface area contributed by atoms with Crippen LogP contribution in [0.5, 0.6) is 0 Å². The van der Waals surface area contributed by atoms with Crippen LogP contribution in [0.3, 0.4) is 0 Å². The van der Waals surface area contributed by atoms with Crippen LogP contribution in [0, 0.1) is 0 Å². The number of carboxylic acid groups (broad SMARTS) is 1. The summed E-state index contributed by atoms with van der Waals surface area (Å²) >= 11 is 0. The molecule has 2 amide bonds. The molecular formula is C12H24N6O5. The van der Waals surface area contributed by atoms with Gasteiger partial charge in [0.15, 0.2) is 5.96 Å². The van der Waals surface area contributed by atoms with Gasteiger partial charge >= 0.3 is 5.97 Å². The molecule has 0 radical (unpaired) electrons. The average molecular weight is 332 g/mol. The maximum Gasteiger partial charge on any atom is 0.322 e. The van der Waals surface area contributed by atoms with Crippen molar-refractivity contribution in [1.82, 2.24) is 10.6 Å². The standard InChI is InChI=1S/C12H24N6O5/c1-6(19)9(11(23)17-5-8(20)21)18-10(22)7(13)3-2-4-16-12(14)15/h6-7,9,19H,2-5,13H2,1H3,(H,17,23)(H,18,22)(H,20,21)(H4,14,15,16). The predicted molar refractivity (Wildman–Crippen MR) is 82.1 cm³/mol. The summed E-state index contributed by atoms with van der Waals surface area (Å²) in [6.07, 6.45) is -0.496. The van der Waals surface area contributed by atoms with Gasteiger partial charge in [-0.25, -0.2) is 0 Å². The molecule has 11 heteroatoms. The quantitative estimate of drug-likeness (QED) is 0.121. The smallest absolute Gasteiger partial charge is 0.322 e. The number of nitrogens with two attached hydrogens (primary N) is 3. The second-order valence-corrected chi connectivity index (χ2v) is 4.89. The number of hydrogen-bond donors (Lipinski definition) is 7. The Bertz CT molecular complexity index is 449. The molecule has 3 unspecified atom stereocenters. The van der Waals surface area contributed by atoms with Crippen molar-refractivity contribution in [3.8, 4) is 0 Å². The number of hydrogen-bond acceptors (Lipinski definition) is 6. The van der Waals surface area contributed by atoms with E-state index in [9.17, 15) is 19.5 Å². The van der Waals surface area contributed by atoms with Gasteiger partial charge in [0.05, 0.1) is 12.1 Å². The van der Waals surface area contributed by atoms with Gasteiger partial charge in [0.1, 0.15) is 12.6 Å². The Kier molecular flexibility index (Phi) is 9.27. The van der Waals surface area contributed by atoms with Crippen molar-refractivity contribution in [3.05, 3.63) is 0 Å². The van der Waals surface area contributed by atoms with Gasteiger partial charge in [0, 0.05) is 6.54 Å². The summed E-state index contributed by atoms with van der Waals surface area (Å²) in [5, 5.41) is 22.4. The lowest BCUT2D eigenvalue weighted by Gasteiger charge is -2.22. The molecule has 0 aromatic carbocycles. The molecule has 0 aromatic rings. The first-order chi connectivity index (χ1) is 10.6. The maximum absolute atomic E-state index is 11.9. The number of carbonyl (C=O) groups excluding carboxylic acids is 2. The SMILES string of the molecule is CC(O)C(NC(=O)C(N)CCCN=C(N)N)C(=O)NCC(=O)O. The Labute approximate surface area is 133 Å². The summed E-state index contributed by atoms with van der Waals surface area (Å²) in [7, 11) is 0. The number of guanidine groups is 1. The Morgan fingerprint density at radius 2 is 1.83 bits per heavy atom. The molecule has 0 saturated heterocycles. The molecule has 3 atom stereocenters. The molecule has 23 heavy (non-hydrogen) atoms. The molecule has 10 N–H and O–H groups in total. The topological polar surface area (TPSA) is 206 Å². The highest BCUT2D eigenvalue weighted by Gasteiger charge is 2.27. The zero-order valence-corrected chi connectivity index (χ0v) is 12.9. The highest BCUT2D eigenvalue weighted by atomic mass is 16.4. The van der Waals surface area contributed by atoms with E-state index in [-0.39, 0.29) is 12.4 Å². The van der Waals surface area contributed by atoms with Crippen LogP contribution in [-0.2, 0) is 14.4 Å². The van der Waals surface area contributed by atoms with Crippen LogP contribution in [0.25, 0.3) is 0 Å². The third kappa shape index (κ3) is 9.26. The van der Waals surface area contributed by atoms with Crippen LogP contribution < -0.4 is 27.8 Å². The summed E-state index contributed by atoms with van der Waals surface area (Å²) in [5.74, 6) is -2.77. The zero-order chi connectivity index (χ0) is 18.0. The van der Waals surface area contributed by atoms with Gasteiger partial charge in [-0.2, -0.15) is 0 Å². The summed E-state index contributed by atoms with van der Waals surface area (Å²) in [4.78, 5) is 37.8. The molecular weight excluding hydrogens is 308 g/mol. The first-order valence-electron chi connectivity index (χ1n) is 6.94. The highest BCUT2D eigenvalue weighted by molar-refractivity contribution is 5.91. The fraction of sp³-hybridized carbons (Fsp3) is 0.667. The highest BCUT2D eigenvalue weighted by Crippen LogP contribution is 1.99. The van der Waals surface area contributed by atoms with Crippen molar-refractivity contribution in [3.63, 3.8) is 0 Å². The third-order valence-electron chi connectivity index (χ3n) is 2.78. The number of rotatable bonds is 10. The summed E-state index contributed by atoms with van der Waals surface area (Å²) in [6.45, 7) is 0.973. The molecule has 0 aliphatic rings. The van der Waals surface area contributed by atoms with Crippen molar-refractivity contribution in [2.24, 2.45) is 22.2 Å². The minimum absolute atomic E-state index is 0.0627. The van der Waals surface area contributed by atoms with E-state index < -0.39 is 42.5 Å². The van der Waals surface area contributed by atoms with Crippen molar-refractivity contribution >= 4 is 23.7 Å². The Balaban J connectivity index is 4.45. The largest absolute Gasteiger partial charge is 0.480 e. The Hall–Kier alpha value is -2.40. The number of nitrogens with zero attached hydrogens (tertiary/aromatic N) is 1. The van der Waals surface area contributed by atoms with Crippen molar-refractivity contribution < 1.29 is 24.6 Å².